The molecular formula is C20H22FN3O4S2. The van der Waals surface area contributed by atoms with Crippen LogP contribution in [-0.4, -0.2) is 64.5 Å². The van der Waals surface area contributed by atoms with Crippen LogP contribution in [0.3, 0.4) is 0 Å². The smallest absolute Gasteiger partial charge is 0.243 e. The molecule has 2 aromatic rings. The first kappa shape index (κ1) is 22.4. The van der Waals surface area contributed by atoms with E-state index in [4.69, 9.17) is 5.26 Å². The molecule has 1 saturated heterocycles. The average Bonchev–Trinajstić information content (AvgIpc) is 2.74. The summed E-state index contributed by atoms with van der Waals surface area (Å²) in [6, 6.07) is 12.5. The molecule has 1 fully saturated rings. The van der Waals surface area contributed by atoms with Gasteiger partial charge in [-0.05, 0) is 61.5 Å². The summed E-state index contributed by atoms with van der Waals surface area (Å²) in [6.07, 6.45) is 0.405. The molecule has 0 spiro atoms. The minimum Gasteiger partial charge on any atom is -0.301 e. The predicted molar refractivity (Wildman–Crippen MR) is 109 cm³/mol. The van der Waals surface area contributed by atoms with Crippen molar-refractivity contribution in [2.24, 2.45) is 0 Å². The van der Waals surface area contributed by atoms with Gasteiger partial charge >= 0.3 is 0 Å². The second-order valence-electron chi connectivity index (χ2n) is 7.01. The van der Waals surface area contributed by atoms with E-state index in [2.05, 4.69) is 0 Å². The van der Waals surface area contributed by atoms with Gasteiger partial charge in [0.1, 0.15) is 5.82 Å². The largest absolute Gasteiger partial charge is 0.301 e. The lowest BCUT2D eigenvalue weighted by Gasteiger charge is -2.33. The Morgan fingerprint density at radius 3 is 2.00 bits per heavy atom. The molecule has 1 heterocycles. The van der Waals surface area contributed by atoms with Crippen LogP contribution < -0.4 is 0 Å². The minimum absolute atomic E-state index is 0.0532. The van der Waals surface area contributed by atoms with Gasteiger partial charge in [0.2, 0.25) is 10.0 Å². The zero-order valence-corrected chi connectivity index (χ0v) is 17.9. The summed E-state index contributed by atoms with van der Waals surface area (Å²) in [5.74, 6) is -0.537. The molecule has 0 radical (unpaired) electrons. The van der Waals surface area contributed by atoms with Crippen molar-refractivity contribution < 1.29 is 21.2 Å². The van der Waals surface area contributed by atoms with E-state index < -0.39 is 25.7 Å². The van der Waals surface area contributed by atoms with Crippen molar-refractivity contribution in [1.29, 1.82) is 5.26 Å². The van der Waals surface area contributed by atoms with Gasteiger partial charge in [-0.3, -0.25) is 0 Å². The Hall–Kier alpha value is -2.32. The van der Waals surface area contributed by atoms with Crippen LogP contribution in [0.4, 0.5) is 4.39 Å². The van der Waals surface area contributed by atoms with E-state index in [0.717, 1.165) is 12.1 Å². The van der Waals surface area contributed by atoms with Crippen molar-refractivity contribution in [1.82, 2.24) is 9.21 Å². The Morgan fingerprint density at radius 2 is 1.43 bits per heavy atom. The van der Waals surface area contributed by atoms with Crippen LogP contribution in [0.15, 0.2) is 58.3 Å². The van der Waals surface area contributed by atoms with Crippen molar-refractivity contribution in [2.45, 2.75) is 16.2 Å². The minimum atomic E-state index is -3.62. The summed E-state index contributed by atoms with van der Waals surface area (Å²) in [7, 11) is -7.10. The van der Waals surface area contributed by atoms with Gasteiger partial charge in [0.05, 0.1) is 27.2 Å². The van der Waals surface area contributed by atoms with Crippen molar-refractivity contribution in [2.75, 3.05) is 38.5 Å². The third-order valence-electron chi connectivity index (χ3n) is 5.01. The Morgan fingerprint density at radius 1 is 0.867 bits per heavy atom. The fourth-order valence-corrected chi connectivity index (χ4v) is 6.00. The summed E-state index contributed by atoms with van der Waals surface area (Å²) in [6.45, 7) is 2.17. The molecule has 1 aliphatic rings. The molecule has 0 N–H and O–H groups in total. The van der Waals surface area contributed by atoms with Crippen LogP contribution in [0, 0.1) is 17.1 Å². The number of sulfonamides is 1. The lowest BCUT2D eigenvalue weighted by molar-refractivity contribution is 0.189. The number of hydrogen-bond acceptors (Lipinski definition) is 6. The number of nitriles is 1. The van der Waals surface area contributed by atoms with E-state index in [1.54, 1.807) is 0 Å². The molecular weight excluding hydrogens is 429 g/mol. The highest BCUT2D eigenvalue weighted by molar-refractivity contribution is 7.91. The first-order chi connectivity index (χ1) is 14.2. The maximum absolute atomic E-state index is 13.0. The van der Waals surface area contributed by atoms with Crippen LogP contribution in [0.5, 0.6) is 0 Å². The average molecular weight is 452 g/mol. The molecule has 3 rings (SSSR count). The predicted octanol–water partition coefficient (Wildman–Crippen LogP) is 1.87. The van der Waals surface area contributed by atoms with Crippen molar-refractivity contribution in [3.05, 3.63) is 59.9 Å². The number of benzene rings is 2. The molecule has 160 valence electrons. The van der Waals surface area contributed by atoms with Crippen molar-refractivity contribution >= 4 is 19.9 Å². The van der Waals surface area contributed by atoms with Crippen LogP contribution in [0.2, 0.25) is 0 Å². The van der Waals surface area contributed by atoms with Crippen LogP contribution in [0.1, 0.15) is 12.0 Å². The lowest BCUT2D eigenvalue weighted by Crippen LogP contribution is -2.48. The molecule has 0 atom stereocenters. The standard InChI is InChI=1S/C20H22FN3O4S2/c21-18-4-8-19(9-5-18)29(25,26)15-1-10-23-11-13-24(14-12-23)30(27,28)20-6-2-17(16-22)3-7-20/h2-9H,1,10-15H2. The van der Waals surface area contributed by atoms with Crippen molar-refractivity contribution in [3.8, 4) is 6.07 Å². The lowest BCUT2D eigenvalue weighted by atomic mass is 10.2. The second-order valence-corrected chi connectivity index (χ2v) is 11.1. The first-order valence-electron chi connectivity index (χ1n) is 9.43. The summed E-state index contributed by atoms with van der Waals surface area (Å²) in [5, 5.41) is 8.84. The monoisotopic (exact) mass is 451 g/mol. The summed E-state index contributed by atoms with van der Waals surface area (Å²) in [4.78, 5) is 2.29. The molecule has 0 aromatic heterocycles. The molecule has 0 bridgehead atoms. The number of piperazine rings is 1. The Kier molecular flexibility index (Phi) is 6.88. The highest BCUT2D eigenvalue weighted by atomic mass is 32.2. The quantitative estimate of drug-likeness (QED) is 0.596. The molecule has 30 heavy (non-hydrogen) atoms. The van der Waals surface area contributed by atoms with Crippen molar-refractivity contribution in [3.63, 3.8) is 0 Å². The van der Waals surface area contributed by atoms with E-state index in [0.29, 0.717) is 44.7 Å². The molecule has 0 amide bonds. The number of halogens is 1. The fourth-order valence-electron chi connectivity index (χ4n) is 3.28. The van der Waals surface area contributed by atoms with Gasteiger partial charge in [-0.15, -0.1) is 0 Å². The normalized spacial score (nSPS) is 16.3. The molecule has 0 aliphatic carbocycles. The molecule has 0 unspecified atom stereocenters. The van der Waals surface area contributed by atoms with E-state index in [1.165, 1.54) is 40.7 Å². The maximum Gasteiger partial charge on any atom is 0.243 e. The third kappa shape index (κ3) is 5.23. The Balaban J connectivity index is 1.50. The van der Waals surface area contributed by atoms with Gasteiger partial charge < -0.3 is 4.90 Å². The number of sulfone groups is 1. The Bertz CT molecular complexity index is 1120. The molecule has 0 saturated carbocycles. The van der Waals surface area contributed by atoms with Crippen LogP contribution in [0.25, 0.3) is 0 Å². The topological polar surface area (TPSA) is 98.5 Å². The highest BCUT2D eigenvalue weighted by Gasteiger charge is 2.28. The zero-order chi connectivity index (χ0) is 21.8. The molecule has 2 aromatic carbocycles. The van der Waals surface area contributed by atoms with Gasteiger partial charge in [-0.25, -0.2) is 21.2 Å². The van der Waals surface area contributed by atoms with Crippen LogP contribution >= 0.6 is 0 Å². The first-order valence-corrected chi connectivity index (χ1v) is 12.5. The van der Waals surface area contributed by atoms with Gasteiger partial charge in [-0.1, -0.05) is 0 Å². The Labute approximate surface area is 176 Å². The van der Waals surface area contributed by atoms with E-state index in [1.807, 2.05) is 11.0 Å². The number of rotatable bonds is 7. The summed E-state index contributed by atoms with van der Waals surface area (Å²) < 4.78 is 64.5. The van der Waals surface area contributed by atoms with Gasteiger partial charge in [0.15, 0.2) is 9.84 Å². The molecule has 7 nitrogen and oxygen atoms in total. The molecule has 10 heteroatoms. The van der Waals surface area contributed by atoms with Gasteiger partial charge in [-0.2, -0.15) is 9.57 Å². The summed E-state index contributed by atoms with van der Waals surface area (Å²) in [5.41, 5.74) is 0.398. The molecule has 1 aliphatic heterocycles. The van der Waals surface area contributed by atoms with E-state index in [9.17, 15) is 21.2 Å². The highest BCUT2D eigenvalue weighted by Crippen LogP contribution is 2.19. The second kappa shape index (κ2) is 9.22. The number of hydrogen-bond donors (Lipinski definition) is 0. The van der Waals surface area contributed by atoms with E-state index >= 15 is 0 Å². The van der Waals surface area contributed by atoms with Gasteiger partial charge in [0.25, 0.3) is 0 Å². The number of nitrogens with zero attached hydrogens (tertiary/aromatic N) is 3. The fraction of sp³-hybridized carbons (Fsp3) is 0.350. The zero-order valence-electron chi connectivity index (χ0n) is 16.2. The SMILES string of the molecule is N#Cc1ccc(S(=O)(=O)N2CCN(CCCS(=O)(=O)c3ccc(F)cc3)CC2)cc1. The summed E-state index contributed by atoms with van der Waals surface area (Å²) >= 11 is 0. The van der Waals surface area contributed by atoms with Gasteiger partial charge in [0, 0.05) is 26.2 Å². The van der Waals surface area contributed by atoms with E-state index in [-0.39, 0.29) is 15.5 Å². The maximum atomic E-state index is 13.0. The van der Waals surface area contributed by atoms with Crippen LogP contribution in [-0.2, 0) is 19.9 Å². The third-order valence-corrected chi connectivity index (χ3v) is 8.74.